The Morgan fingerprint density at radius 3 is 2.85 bits per heavy atom. The highest BCUT2D eigenvalue weighted by molar-refractivity contribution is 6.02. The van der Waals surface area contributed by atoms with E-state index in [2.05, 4.69) is 24.1 Å². The zero-order valence-corrected chi connectivity index (χ0v) is 11.7. The van der Waals surface area contributed by atoms with E-state index in [1.54, 1.807) is 12.1 Å². The predicted octanol–water partition coefficient (Wildman–Crippen LogP) is 4.22. The number of aromatic nitrogens is 1. The van der Waals surface area contributed by atoms with Crippen LogP contribution in [-0.4, -0.2) is 16.1 Å². The minimum Gasteiger partial charge on any atom is -0.478 e. The Balaban J connectivity index is 2.26. The molecule has 3 heteroatoms. The van der Waals surface area contributed by atoms with Gasteiger partial charge in [0.15, 0.2) is 0 Å². The standard InChI is InChI=1S/C17H19NO2/c1-2-3-4-5-6-9-13-12-15(17(19)20)14-10-7-8-11-16(14)18-13/h5-8,10-12H,2-4,9H2,1H3,(H,19,20)/b6-5-. The van der Waals surface area contributed by atoms with Crippen LogP contribution in [0.3, 0.4) is 0 Å². The SMILES string of the molecule is CCCC/C=C\Cc1cc(C(=O)O)c2ccccc2n1. The Morgan fingerprint density at radius 1 is 1.30 bits per heavy atom. The van der Waals surface area contributed by atoms with E-state index >= 15 is 0 Å². The van der Waals surface area contributed by atoms with Gasteiger partial charge >= 0.3 is 5.97 Å². The van der Waals surface area contributed by atoms with Crippen LogP contribution in [0.1, 0.15) is 42.2 Å². The number of para-hydroxylation sites is 1. The summed E-state index contributed by atoms with van der Waals surface area (Å²) in [6.45, 7) is 2.16. The second-order valence-electron chi connectivity index (χ2n) is 4.80. The lowest BCUT2D eigenvalue weighted by atomic mass is 10.1. The van der Waals surface area contributed by atoms with Crippen LogP contribution in [0.25, 0.3) is 10.9 Å². The van der Waals surface area contributed by atoms with Gasteiger partial charge < -0.3 is 5.11 Å². The molecule has 0 saturated heterocycles. The quantitative estimate of drug-likeness (QED) is 0.631. The highest BCUT2D eigenvalue weighted by Crippen LogP contribution is 2.18. The van der Waals surface area contributed by atoms with Crippen LogP contribution in [0.2, 0.25) is 0 Å². The Morgan fingerprint density at radius 2 is 2.10 bits per heavy atom. The van der Waals surface area contributed by atoms with Gasteiger partial charge in [0.25, 0.3) is 0 Å². The second kappa shape index (κ2) is 6.85. The number of carboxylic acid groups (broad SMARTS) is 1. The van der Waals surface area contributed by atoms with Crippen molar-refractivity contribution in [2.45, 2.75) is 32.6 Å². The summed E-state index contributed by atoms with van der Waals surface area (Å²) in [7, 11) is 0. The molecular formula is C17H19NO2. The van der Waals surface area contributed by atoms with Crippen LogP contribution in [0.15, 0.2) is 42.5 Å². The van der Waals surface area contributed by atoms with E-state index in [1.165, 1.54) is 12.8 Å². The van der Waals surface area contributed by atoms with Gasteiger partial charge in [-0.05, 0) is 18.6 Å². The maximum absolute atomic E-state index is 11.3. The summed E-state index contributed by atoms with van der Waals surface area (Å²) in [6, 6.07) is 9.04. The van der Waals surface area contributed by atoms with Crippen molar-refractivity contribution >= 4 is 16.9 Å². The zero-order valence-electron chi connectivity index (χ0n) is 11.7. The number of hydrogen-bond acceptors (Lipinski definition) is 2. The first-order chi connectivity index (χ1) is 9.72. The van der Waals surface area contributed by atoms with Crippen molar-refractivity contribution in [3.63, 3.8) is 0 Å². The Kier molecular flexibility index (Phi) is 4.88. The fourth-order valence-electron chi connectivity index (χ4n) is 2.16. The van der Waals surface area contributed by atoms with Crippen LogP contribution in [-0.2, 0) is 6.42 Å². The van der Waals surface area contributed by atoms with Gasteiger partial charge in [-0.25, -0.2) is 4.79 Å². The fraction of sp³-hybridized carbons (Fsp3) is 0.294. The number of benzene rings is 1. The highest BCUT2D eigenvalue weighted by Gasteiger charge is 2.10. The zero-order chi connectivity index (χ0) is 14.4. The van der Waals surface area contributed by atoms with E-state index in [9.17, 15) is 9.90 Å². The van der Waals surface area contributed by atoms with Crippen LogP contribution in [0.5, 0.6) is 0 Å². The van der Waals surface area contributed by atoms with Gasteiger partial charge in [-0.1, -0.05) is 50.1 Å². The van der Waals surface area contributed by atoms with Crippen molar-refractivity contribution in [3.05, 3.63) is 53.7 Å². The summed E-state index contributed by atoms with van der Waals surface area (Å²) in [5, 5.41) is 10.00. The molecule has 0 saturated carbocycles. The van der Waals surface area contributed by atoms with Crippen LogP contribution >= 0.6 is 0 Å². The lowest BCUT2D eigenvalue weighted by molar-refractivity contribution is 0.0699. The van der Waals surface area contributed by atoms with Crippen molar-refractivity contribution in [1.82, 2.24) is 4.98 Å². The molecule has 1 aromatic heterocycles. The number of carbonyl (C=O) groups is 1. The van der Waals surface area contributed by atoms with Gasteiger partial charge in [-0.3, -0.25) is 4.98 Å². The van der Waals surface area contributed by atoms with Crippen molar-refractivity contribution in [3.8, 4) is 0 Å². The summed E-state index contributed by atoms with van der Waals surface area (Å²) in [4.78, 5) is 15.9. The normalized spacial score (nSPS) is 11.2. The summed E-state index contributed by atoms with van der Waals surface area (Å²) >= 11 is 0. The first kappa shape index (κ1) is 14.3. The second-order valence-corrected chi connectivity index (χ2v) is 4.80. The molecule has 0 aliphatic carbocycles. The van der Waals surface area contributed by atoms with Crippen LogP contribution in [0.4, 0.5) is 0 Å². The summed E-state index contributed by atoms with van der Waals surface area (Å²) < 4.78 is 0. The molecular weight excluding hydrogens is 250 g/mol. The molecule has 0 amide bonds. The molecule has 2 rings (SSSR count). The molecule has 0 atom stereocenters. The number of nitrogens with zero attached hydrogens (tertiary/aromatic N) is 1. The van der Waals surface area contributed by atoms with Crippen LogP contribution < -0.4 is 0 Å². The van der Waals surface area contributed by atoms with Crippen molar-refractivity contribution in [2.24, 2.45) is 0 Å². The molecule has 0 aliphatic heterocycles. The molecule has 0 aliphatic rings. The molecule has 0 radical (unpaired) electrons. The smallest absolute Gasteiger partial charge is 0.336 e. The number of rotatable bonds is 6. The Hall–Kier alpha value is -2.16. The van der Waals surface area contributed by atoms with Crippen molar-refractivity contribution in [2.75, 3.05) is 0 Å². The topological polar surface area (TPSA) is 50.2 Å². The monoisotopic (exact) mass is 269 g/mol. The van der Waals surface area contributed by atoms with E-state index < -0.39 is 5.97 Å². The molecule has 0 spiro atoms. The van der Waals surface area contributed by atoms with E-state index in [0.717, 1.165) is 17.6 Å². The molecule has 0 fully saturated rings. The molecule has 0 bridgehead atoms. The third kappa shape index (κ3) is 3.44. The fourth-order valence-corrected chi connectivity index (χ4v) is 2.16. The van der Waals surface area contributed by atoms with Gasteiger partial charge in [0.1, 0.15) is 0 Å². The molecule has 1 aromatic carbocycles. The van der Waals surface area contributed by atoms with Gasteiger partial charge in [0, 0.05) is 17.5 Å². The van der Waals surface area contributed by atoms with Gasteiger partial charge in [0.05, 0.1) is 11.1 Å². The average molecular weight is 269 g/mol. The van der Waals surface area contributed by atoms with E-state index in [0.29, 0.717) is 17.4 Å². The highest BCUT2D eigenvalue weighted by atomic mass is 16.4. The van der Waals surface area contributed by atoms with Crippen molar-refractivity contribution < 1.29 is 9.90 Å². The van der Waals surface area contributed by atoms with E-state index in [1.807, 2.05) is 18.2 Å². The molecule has 20 heavy (non-hydrogen) atoms. The van der Waals surface area contributed by atoms with Gasteiger partial charge in [-0.2, -0.15) is 0 Å². The summed E-state index contributed by atoms with van der Waals surface area (Å²) in [5.74, 6) is -0.903. The number of unbranched alkanes of at least 4 members (excludes halogenated alkanes) is 2. The first-order valence-corrected chi connectivity index (χ1v) is 6.99. The number of allylic oxidation sites excluding steroid dienone is 2. The van der Waals surface area contributed by atoms with E-state index in [-0.39, 0.29) is 0 Å². The number of carboxylic acids is 1. The molecule has 1 N–H and O–H groups in total. The third-order valence-corrected chi connectivity index (χ3v) is 3.22. The third-order valence-electron chi connectivity index (χ3n) is 3.22. The Bertz CT molecular complexity index is 632. The van der Waals surface area contributed by atoms with Crippen molar-refractivity contribution in [1.29, 1.82) is 0 Å². The van der Waals surface area contributed by atoms with Crippen LogP contribution in [0, 0.1) is 0 Å². The lowest BCUT2D eigenvalue weighted by Gasteiger charge is -2.05. The Labute approximate surface area is 119 Å². The average Bonchev–Trinajstić information content (AvgIpc) is 2.46. The molecule has 0 unspecified atom stereocenters. The molecule has 2 aromatic rings. The maximum atomic E-state index is 11.3. The predicted molar refractivity (Wildman–Crippen MR) is 81.1 cm³/mol. The summed E-state index contributed by atoms with van der Waals surface area (Å²) in [5.41, 5.74) is 1.87. The molecule has 1 heterocycles. The minimum absolute atomic E-state index is 0.326. The first-order valence-electron chi connectivity index (χ1n) is 6.99. The van der Waals surface area contributed by atoms with Gasteiger partial charge in [-0.15, -0.1) is 0 Å². The minimum atomic E-state index is -0.903. The summed E-state index contributed by atoms with van der Waals surface area (Å²) in [6.07, 6.45) is 8.31. The maximum Gasteiger partial charge on any atom is 0.336 e. The largest absolute Gasteiger partial charge is 0.478 e. The number of fused-ring (bicyclic) bond motifs is 1. The van der Waals surface area contributed by atoms with E-state index in [4.69, 9.17) is 0 Å². The van der Waals surface area contributed by atoms with Gasteiger partial charge in [0.2, 0.25) is 0 Å². The number of pyridine rings is 1. The number of hydrogen-bond donors (Lipinski definition) is 1. The molecule has 3 nitrogen and oxygen atoms in total. The lowest BCUT2D eigenvalue weighted by Crippen LogP contribution is -2.01. The number of aromatic carboxylic acids is 1. The molecule has 104 valence electrons.